The van der Waals surface area contributed by atoms with E-state index >= 15 is 0 Å². The monoisotopic (exact) mass is 326 g/mol. The van der Waals surface area contributed by atoms with Gasteiger partial charge in [0.2, 0.25) is 5.91 Å². The van der Waals surface area contributed by atoms with Gasteiger partial charge >= 0.3 is 0 Å². The molecule has 0 fully saturated rings. The number of unbranched alkanes of at least 4 members (excludes halogenated alkanes) is 1. The molecule has 4 nitrogen and oxygen atoms in total. The second-order valence-corrected chi connectivity index (χ2v) is 6.00. The molecule has 0 spiro atoms. The largest absolute Gasteiger partial charge is 0.494 e. The molecule has 2 rings (SSSR count). The number of carbonyl (C=O) groups excluding carboxylic acids is 1. The molecule has 0 atom stereocenters. The Balaban J connectivity index is 1.80. The van der Waals surface area contributed by atoms with E-state index in [2.05, 4.69) is 23.6 Å². The van der Waals surface area contributed by atoms with Gasteiger partial charge in [0.15, 0.2) is 0 Å². The molecule has 0 heterocycles. The maximum Gasteiger partial charge on any atom is 0.243 e. The van der Waals surface area contributed by atoms with Crippen LogP contribution >= 0.6 is 0 Å². The lowest BCUT2D eigenvalue weighted by Crippen LogP contribution is -2.21. The first-order valence-corrected chi connectivity index (χ1v) is 8.41. The van der Waals surface area contributed by atoms with E-state index in [-0.39, 0.29) is 12.5 Å². The van der Waals surface area contributed by atoms with Gasteiger partial charge in [-0.2, -0.15) is 0 Å². The van der Waals surface area contributed by atoms with Crippen LogP contribution in [-0.2, 0) is 4.79 Å². The lowest BCUT2D eigenvalue weighted by atomic mass is 10.1. The molecule has 0 aliphatic rings. The Kier molecular flexibility index (Phi) is 6.67. The molecule has 0 unspecified atom stereocenters. The summed E-state index contributed by atoms with van der Waals surface area (Å²) in [6.45, 7) is 7.14. The van der Waals surface area contributed by atoms with E-state index in [1.165, 1.54) is 0 Å². The molecular formula is C20H26N2O2. The summed E-state index contributed by atoms with van der Waals surface area (Å²) in [5, 5.41) is 6.03. The van der Waals surface area contributed by atoms with E-state index in [1.54, 1.807) is 0 Å². The van der Waals surface area contributed by atoms with Gasteiger partial charge in [-0.3, -0.25) is 4.79 Å². The number of ether oxygens (including phenoxy) is 1. The molecule has 2 aromatic carbocycles. The number of hydrogen-bond acceptors (Lipinski definition) is 3. The van der Waals surface area contributed by atoms with Gasteiger partial charge in [0.1, 0.15) is 5.75 Å². The average molecular weight is 326 g/mol. The van der Waals surface area contributed by atoms with Crippen LogP contribution in [0.1, 0.15) is 30.9 Å². The van der Waals surface area contributed by atoms with Crippen molar-refractivity contribution in [3.05, 3.63) is 53.6 Å². The van der Waals surface area contributed by atoms with Crippen LogP contribution < -0.4 is 15.4 Å². The zero-order chi connectivity index (χ0) is 17.4. The Hall–Kier alpha value is -2.49. The van der Waals surface area contributed by atoms with Crippen molar-refractivity contribution in [3.8, 4) is 5.75 Å². The van der Waals surface area contributed by atoms with Crippen molar-refractivity contribution in [3.63, 3.8) is 0 Å². The first kappa shape index (κ1) is 17.9. The standard InChI is InChI=1S/C20H26N2O2/c1-4-5-10-24-19-8-6-17(7-9-19)21-14-20(23)22-18-12-15(2)11-16(3)13-18/h6-9,11-13,21H,4-5,10,14H2,1-3H3,(H,22,23). The lowest BCUT2D eigenvalue weighted by molar-refractivity contribution is -0.114. The number of rotatable bonds is 8. The Labute approximate surface area is 144 Å². The lowest BCUT2D eigenvalue weighted by Gasteiger charge is -2.10. The summed E-state index contributed by atoms with van der Waals surface area (Å²) in [5.74, 6) is 0.789. The van der Waals surface area contributed by atoms with Crippen LogP contribution in [0.5, 0.6) is 5.75 Å². The SMILES string of the molecule is CCCCOc1ccc(NCC(=O)Nc2cc(C)cc(C)c2)cc1. The number of nitrogens with one attached hydrogen (secondary N) is 2. The van der Waals surface area contributed by atoms with E-state index in [0.29, 0.717) is 0 Å². The number of aryl methyl sites for hydroxylation is 2. The molecule has 0 radical (unpaired) electrons. The number of amides is 1. The molecule has 0 aromatic heterocycles. The minimum absolute atomic E-state index is 0.0664. The third kappa shape index (κ3) is 5.95. The molecule has 24 heavy (non-hydrogen) atoms. The summed E-state index contributed by atoms with van der Waals surface area (Å²) < 4.78 is 5.62. The van der Waals surface area contributed by atoms with Crippen LogP contribution in [0.15, 0.2) is 42.5 Å². The highest BCUT2D eigenvalue weighted by molar-refractivity contribution is 5.93. The van der Waals surface area contributed by atoms with Crippen LogP contribution in [0.2, 0.25) is 0 Å². The molecule has 1 amide bonds. The molecule has 0 saturated carbocycles. The van der Waals surface area contributed by atoms with E-state index in [9.17, 15) is 4.79 Å². The maximum atomic E-state index is 12.1. The van der Waals surface area contributed by atoms with Gasteiger partial charge in [-0.25, -0.2) is 0 Å². The van der Waals surface area contributed by atoms with Crippen LogP contribution in [0, 0.1) is 13.8 Å². The maximum absolute atomic E-state index is 12.1. The molecular weight excluding hydrogens is 300 g/mol. The predicted molar refractivity (Wildman–Crippen MR) is 99.9 cm³/mol. The highest BCUT2D eigenvalue weighted by atomic mass is 16.5. The minimum atomic E-state index is -0.0664. The van der Waals surface area contributed by atoms with Gasteiger partial charge in [0.05, 0.1) is 13.2 Å². The van der Waals surface area contributed by atoms with E-state index in [1.807, 2.05) is 50.2 Å². The average Bonchev–Trinajstić information content (AvgIpc) is 2.53. The molecule has 128 valence electrons. The summed E-state index contributed by atoms with van der Waals surface area (Å²) in [4.78, 5) is 12.1. The van der Waals surface area contributed by atoms with Crippen molar-refractivity contribution >= 4 is 17.3 Å². The molecule has 0 aliphatic carbocycles. The molecule has 4 heteroatoms. The summed E-state index contributed by atoms with van der Waals surface area (Å²) in [5.41, 5.74) is 4.00. The molecule has 2 N–H and O–H groups in total. The Bertz CT molecular complexity index is 646. The molecule has 0 aliphatic heterocycles. The quantitative estimate of drug-likeness (QED) is 0.701. The number of carbonyl (C=O) groups is 1. The zero-order valence-corrected chi connectivity index (χ0v) is 14.7. The van der Waals surface area contributed by atoms with E-state index < -0.39 is 0 Å². The van der Waals surface area contributed by atoms with Crippen molar-refractivity contribution in [2.75, 3.05) is 23.8 Å². The van der Waals surface area contributed by atoms with Gasteiger partial charge in [0, 0.05) is 11.4 Å². The fraction of sp³-hybridized carbons (Fsp3) is 0.350. The number of hydrogen-bond donors (Lipinski definition) is 2. The van der Waals surface area contributed by atoms with Gasteiger partial charge in [-0.05, 0) is 67.8 Å². The second-order valence-electron chi connectivity index (χ2n) is 6.00. The Morgan fingerprint density at radius 2 is 1.67 bits per heavy atom. The first-order chi connectivity index (χ1) is 11.6. The highest BCUT2D eigenvalue weighted by Gasteiger charge is 2.04. The van der Waals surface area contributed by atoms with Crippen molar-refractivity contribution in [1.82, 2.24) is 0 Å². The Morgan fingerprint density at radius 1 is 1.00 bits per heavy atom. The van der Waals surface area contributed by atoms with Gasteiger partial charge < -0.3 is 15.4 Å². The van der Waals surface area contributed by atoms with E-state index in [0.717, 1.165) is 47.7 Å². The normalized spacial score (nSPS) is 10.3. The molecule has 0 saturated heterocycles. The summed E-state index contributed by atoms with van der Waals surface area (Å²) >= 11 is 0. The summed E-state index contributed by atoms with van der Waals surface area (Å²) in [7, 11) is 0. The zero-order valence-electron chi connectivity index (χ0n) is 14.7. The third-order valence-corrected chi connectivity index (χ3v) is 3.58. The number of anilines is 2. The third-order valence-electron chi connectivity index (χ3n) is 3.58. The minimum Gasteiger partial charge on any atom is -0.494 e. The van der Waals surface area contributed by atoms with Gasteiger partial charge in [-0.1, -0.05) is 19.4 Å². The Morgan fingerprint density at radius 3 is 2.29 bits per heavy atom. The molecule has 0 bridgehead atoms. The fourth-order valence-corrected chi connectivity index (χ4v) is 2.44. The molecule has 2 aromatic rings. The van der Waals surface area contributed by atoms with Crippen molar-refractivity contribution in [1.29, 1.82) is 0 Å². The van der Waals surface area contributed by atoms with Crippen molar-refractivity contribution in [2.24, 2.45) is 0 Å². The van der Waals surface area contributed by atoms with Crippen LogP contribution in [0.25, 0.3) is 0 Å². The van der Waals surface area contributed by atoms with E-state index in [4.69, 9.17) is 4.74 Å². The second kappa shape index (κ2) is 8.96. The van der Waals surface area contributed by atoms with Crippen LogP contribution in [-0.4, -0.2) is 19.1 Å². The summed E-state index contributed by atoms with van der Waals surface area (Å²) in [6.07, 6.45) is 2.17. The van der Waals surface area contributed by atoms with Crippen molar-refractivity contribution < 1.29 is 9.53 Å². The van der Waals surface area contributed by atoms with Gasteiger partial charge in [0.25, 0.3) is 0 Å². The van der Waals surface area contributed by atoms with Crippen molar-refractivity contribution in [2.45, 2.75) is 33.6 Å². The van der Waals surface area contributed by atoms with Gasteiger partial charge in [-0.15, -0.1) is 0 Å². The number of benzene rings is 2. The fourth-order valence-electron chi connectivity index (χ4n) is 2.44. The van der Waals surface area contributed by atoms with Crippen LogP contribution in [0.3, 0.4) is 0 Å². The topological polar surface area (TPSA) is 50.4 Å². The van der Waals surface area contributed by atoms with Crippen LogP contribution in [0.4, 0.5) is 11.4 Å². The first-order valence-electron chi connectivity index (χ1n) is 8.41. The highest BCUT2D eigenvalue weighted by Crippen LogP contribution is 2.16. The smallest absolute Gasteiger partial charge is 0.243 e. The summed E-state index contributed by atoms with van der Waals surface area (Å²) in [6, 6.07) is 13.7. The predicted octanol–water partition coefficient (Wildman–Crippen LogP) is 4.53.